The third kappa shape index (κ3) is 2.26. The Bertz CT molecular complexity index is 713. The summed E-state index contributed by atoms with van der Waals surface area (Å²) >= 11 is 0. The van der Waals surface area contributed by atoms with Crippen LogP contribution in [0.15, 0.2) is 23.8 Å². The molecule has 26 heavy (non-hydrogen) atoms. The summed E-state index contributed by atoms with van der Waals surface area (Å²) in [6.45, 7) is 4.06. The Kier molecular flexibility index (Phi) is 4.07. The lowest BCUT2D eigenvalue weighted by molar-refractivity contribution is -0.173. The number of hydrogen-bond acceptors (Lipinski definition) is 5. The van der Waals surface area contributed by atoms with Crippen molar-refractivity contribution in [1.82, 2.24) is 0 Å². The van der Waals surface area contributed by atoms with Crippen LogP contribution < -0.4 is 5.73 Å². The molecule has 4 aliphatic carbocycles. The van der Waals surface area contributed by atoms with Crippen molar-refractivity contribution in [2.24, 2.45) is 40.7 Å². The molecular weight excluding hydrogens is 330 g/mol. The van der Waals surface area contributed by atoms with E-state index in [0.29, 0.717) is 0 Å². The summed E-state index contributed by atoms with van der Waals surface area (Å²) in [6, 6.07) is 0. The third-order valence-electron chi connectivity index (χ3n) is 7.89. The molecule has 4 N–H and O–H groups in total. The van der Waals surface area contributed by atoms with Crippen molar-refractivity contribution in [3.63, 3.8) is 0 Å². The lowest BCUT2D eigenvalue weighted by Gasteiger charge is -2.57. The zero-order valence-corrected chi connectivity index (χ0v) is 15.5. The molecule has 4 rings (SSSR count). The summed E-state index contributed by atoms with van der Waals surface area (Å²) in [7, 11) is 0. The van der Waals surface area contributed by atoms with E-state index < -0.39 is 17.6 Å². The highest BCUT2D eigenvalue weighted by Crippen LogP contribution is 2.63. The Morgan fingerprint density at radius 2 is 2.15 bits per heavy atom. The van der Waals surface area contributed by atoms with Gasteiger partial charge in [0.05, 0.1) is 24.2 Å². The Morgan fingerprint density at radius 3 is 2.85 bits per heavy atom. The average molecular weight is 359 g/mol. The van der Waals surface area contributed by atoms with E-state index in [1.54, 1.807) is 12.2 Å². The van der Waals surface area contributed by atoms with Gasteiger partial charge in [-0.1, -0.05) is 25.5 Å². The Labute approximate surface area is 154 Å². The predicted molar refractivity (Wildman–Crippen MR) is 96.9 cm³/mol. The Hall–Kier alpha value is -1.30. The van der Waals surface area contributed by atoms with Crippen molar-refractivity contribution in [1.29, 1.82) is 0 Å². The second kappa shape index (κ2) is 5.85. The van der Waals surface area contributed by atoms with Crippen LogP contribution in [0.5, 0.6) is 0 Å². The molecule has 4 aliphatic rings. The van der Waals surface area contributed by atoms with Gasteiger partial charge in [0.1, 0.15) is 0 Å². The molecule has 0 amide bonds. The first kappa shape index (κ1) is 18.1. The summed E-state index contributed by atoms with van der Waals surface area (Å²) in [5.74, 6) is -0.394. The first-order valence-corrected chi connectivity index (χ1v) is 9.80. The monoisotopic (exact) mass is 359 g/mol. The second-order valence-electron chi connectivity index (χ2n) is 9.15. The molecule has 0 radical (unpaired) electrons. The van der Waals surface area contributed by atoms with Crippen molar-refractivity contribution in [2.75, 3.05) is 6.54 Å². The van der Waals surface area contributed by atoms with Gasteiger partial charge >= 0.3 is 0 Å². The first-order valence-electron chi connectivity index (χ1n) is 9.80. The molecule has 0 heterocycles. The first-order chi connectivity index (χ1) is 12.2. The number of fused-ring (bicyclic) bond motifs is 5. The minimum Gasteiger partial charge on any atom is -0.393 e. The highest BCUT2D eigenvalue weighted by Gasteiger charge is 2.65. The summed E-state index contributed by atoms with van der Waals surface area (Å²) in [5.41, 5.74) is 5.19. The smallest absolute Gasteiger partial charge is 0.178 e. The number of ketones is 2. The predicted octanol–water partition coefficient (Wildman–Crippen LogP) is 1.38. The van der Waals surface area contributed by atoms with Crippen molar-refractivity contribution in [3.05, 3.63) is 23.8 Å². The van der Waals surface area contributed by atoms with Gasteiger partial charge < -0.3 is 15.9 Å². The number of rotatable bonds is 2. The molecular formula is C21H29NO4. The molecule has 5 nitrogen and oxygen atoms in total. The molecule has 7 unspecified atom stereocenters. The quantitative estimate of drug-likeness (QED) is 0.691. The number of aliphatic hydroxyl groups is 2. The maximum absolute atomic E-state index is 12.5. The third-order valence-corrected chi connectivity index (χ3v) is 7.89. The molecule has 0 aliphatic heterocycles. The van der Waals surface area contributed by atoms with Gasteiger partial charge in [-0.25, -0.2) is 0 Å². The lowest BCUT2D eigenvalue weighted by atomic mass is 9.49. The van der Waals surface area contributed by atoms with Gasteiger partial charge in [-0.15, -0.1) is 0 Å². The van der Waals surface area contributed by atoms with E-state index in [1.165, 1.54) is 0 Å². The van der Waals surface area contributed by atoms with Gasteiger partial charge in [0.25, 0.3) is 0 Å². The van der Waals surface area contributed by atoms with Crippen LogP contribution in [0.1, 0.15) is 39.5 Å². The van der Waals surface area contributed by atoms with Crippen molar-refractivity contribution >= 4 is 11.6 Å². The van der Waals surface area contributed by atoms with Crippen molar-refractivity contribution in [2.45, 2.75) is 51.2 Å². The van der Waals surface area contributed by atoms with Crippen LogP contribution in [0.2, 0.25) is 0 Å². The van der Waals surface area contributed by atoms with Crippen LogP contribution in [0.25, 0.3) is 0 Å². The van der Waals surface area contributed by atoms with Crippen LogP contribution in [-0.2, 0) is 9.59 Å². The summed E-state index contributed by atoms with van der Waals surface area (Å²) < 4.78 is 0. The highest BCUT2D eigenvalue weighted by atomic mass is 16.3. The maximum atomic E-state index is 12.5. The molecule has 0 bridgehead atoms. The molecule has 142 valence electrons. The van der Waals surface area contributed by atoms with Gasteiger partial charge in [-0.3, -0.25) is 9.59 Å². The van der Waals surface area contributed by atoms with E-state index in [2.05, 4.69) is 6.92 Å². The summed E-state index contributed by atoms with van der Waals surface area (Å²) in [5, 5.41) is 22.6. The number of carbonyl (C=O) groups excluding carboxylic acids is 2. The topological polar surface area (TPSA) is 101 Å². The Morgan fingerprint density at radius 1 is 1.42 bits per heavy atom. The number of aliphatic hydroxyl groups excluding tert-OH is 1. The second-order valence-corrected chi connectivity index (χ2v) is 9.15. The largest absolute Gasteiger partial charge is 0.393 e. The number of nitrogens with two attached hydrogens (primary N) is 1. The summed E-state index contributed by atoms with van der Waals surface area (Å²) in [4.78, 5) is 24.3. The van der Waals surface area contributed by atoms with Crippen LogP contribution >= 0.6 is 0 Å². The standard InChI is InChI=1S/C21H29NO4/c1-11-7-15-14-4-3-12-8-13(23)5-6-20(12,2)19(14)16(24)9-21(15,26)18(11)17(25)10-22/h5-6,8,11,14-16,18-19,24,26H,3-4,7,9-10,22H2,1-2H3/t11-,14?,15?,16?,18?,19?,20?,21?/m1/s1. The van der Waals surface area contributed by atoms with Crippen LogP contribution in [-0.4, -0.2) is 40.0 Å². The SMILES string of the molecule is C[C@@H]1CC2C3CCC4=CC(=O)C=CC4(C)C3C(O)CC2(O)C1C(=O)CN. The minimum absolute atomic E-state index is 0.00389. The molecule has 3 fully saturated rings. The number of Topliss-reactive ketones (excluding diaryl/α,β-unsaturated/α-hetero) is 1. The fraction of sp³-hybridized carbons (Fsp3) is 0.714. The maximum Gasteiger partial charge on any atom is 0.178 e. The normalized spacial score (nSPS) is 49.9. The van der Waals surface area contributed by atoms with E-state index in [9.17, 15) is 19.8 Å². The molecule has 0 aromatic rings. The van der Waals surface area contributed by atoms with Crippen LogP contribution in [0, 0.1) is 35.0 Å². The van der Waals surface area contributed by atoms with Crippen molar-refractivity contribution in [3.8, 4) is 0 Å². The fourth-order valence-electron chi connectivity index (χ4n) is 6.96. The van der Waals surface area contributed by atoms with E-state index in [4.69, 9.17) is 5.73 Å². The van der Waals surface area contributed by atoms with Gasteiger partial charge in [-0.05, 0) is 49.2 Å². The molecule has 8 atom stereocenters. The minimum atomic E-state index is -1.16. The zero-order valence-electron chi connectivity index (χ0n) is 15.5. The van der Waals surface area contributed by atoms with Crippen LogP contribution in [0.3, 0.4) is 0 Å². The molecule has 3 saturated carbocycles. The zero-order chi connectivity index (χ0) is 18.9. The average Bonchev–Trinajstić information content (AvgIpc) is 2.84. The van der Waals surface area contributed by atoms with E-state index in [-0.39, 0.29) is 53.6 Å². The number of carbonyl (C=O) groups is 2. The fourth-order valence-corrected chi connectivity index (χ4v) is 6.96. The van der Waals surface area contributed by atoms with E-state index >= 15 is 0 Å². The van der Waals surface area contributed by atoms with Gasteiger partial charge in [0, 0.05) is 17.8 Å². The summed E-state index contributed by atoms with van der Waals surface area (Å²) in [6.07, 6.45) is 7.23. The van der Waals surface area contributed by atoms with Crippen LogP contribution in [0.4, 0.5) is 0 Å². The molecule has 0 aromatic carbocycles. The van der Waals surface area contributed by atoms with E-state index in [1.807, 2.05) is 13.0 Å². The molecule has 0 saturated heterocycles. The Balaban J connectivity index is 1.74. The number of hydrogen-bond donors (Lipinski definition) is 3. The van der Waals surface area contributed by atoms with Gasteiger partial charge in [-0.2, -0.15) is 0 Å². The number of allylic oxidation sites excluding steroid dienone is 4. The molecule has 0 spiro atoms. The molecule has 0 aromatic heterocycles. The molecule has 5 heteroatoms. The van der Waals surface area contributed by atoms with Crippen molar-refractivity contribution < 1.29 is 19.8 Å². The van der Waals surface area contributed by atoms with E-state index in [0.717, 1.165) is 24.8 Å². The van der Waals surface area contributed by atoms with Gasteiger partial charge in [0.2, 0.25) is 0 Å². The highest BCUT2D eigenvalue weighted by molar-refractivity contribution is 6.01. The lowest BCUT2D eigenvalue weighted by Crippen LogP contribution is -2.60. The van der Waals surface area contributed by atoms with Gasteiger partial charge in [0.15, 0.2) is 11.6 Å².